The zero-order chi connectivity index (χ0) is 7.28. The van der Waals surface area contributed by atoms with Gasteiger partial charge in [0.1, 0.15) is 0 Å². The van der Waals surface area contributed by atoms with Crippen molar-refractivity contribution in [3.05, 3.63) is 12.7 Å². The van der Waals surface area contributed by atoms with Gasteiger partial charge in [-0.1, -0.05) is 26.8 Å². The van der Waals surface area contributed by atoms with Gasteiger partial charge in [0, 0.05) is 12.6 Å². The van der Waals surface area contributed by atoms with Crippen LogP contribution in [-0.4, -0.2) is 12.6 Å². The lowest BCUT2D eigenvalue weighted by Crippen LogP contribution is -2.26. The third kappa shape index (κ3) is 5.57. The van der Waals surface area contributed by atoms with E-state index in [-0.39, 0.29) is 0 Å². The molecule has 0 unspecified atom stereocenters. The summed E-state index contributed by atoms with van der Waals surface area (Å²) >= 11 is 0. The third-order valence-corrected chi connectivity index (χ3v) is 1.25. The highest BCUT2D eigenvalue weighted by Crippen LogP contribution is 1.92. The van der Waals surface area contributed by atoms with Crippen LogP contribution in [0.1, 0.15) is 20.8 Å². The van der Waals surface area contributed by atoms with E-state index >= 15 is 0 Å². The molecular formula is C8H17N. The molecule has 0 bridgehead atoms. The molecule has 0 aliphatic heterocycles. The topological polar surface area (TPSA) is 12.0 Å². The van der Waals surface area contributed by atoms with Crippen molar-refractivity contribution in [2.24, 2.45) is 5.92 Å². The first-order valence-corrected chi connectivity index (χ1v) is 3.52. The summed E-state index contributed by atoms with van der Waals surface area (Å²) in [5, 5.41) is 3.32. The summed E-state index contributed by atoms with van der Waals surface area (Å²) in [5.41, 5.74) is 0. The van der Waals surface area contributed by atoms with Gasteiger partial charge in [0.25, 0.3) is 0 Å². The Morgan fingerprint density at radius 1 is 1.44 bits per heavy atom. The van der Waals surface area contributed by atoms with Gasteiger partial charge >= 0.3 is 0 Å². The molecule has 0 aliphatic carbocycles. The Labute approximate surface area is 58.2 Å². The average Bonchev–Trinajstić information content (AvgIpc) is 1.83. The van der Waals surface area contributed by atoms with E-state index in [2.05, 4.69) is 32.7 Å². The van der Waals surface area contributed by atoms with Crippen LogP contribution in [0.3, 0.4) is 0 Å². The SMILES string of the molecule is C=C[C@H](C)CNC(C)C. The molecule has 0 heterocycles. The standard InChI is InChI=1S/C8H17N/c1-5-8(4)6-9-7(2)3/h5,7-9H,1,6H2,2-4H3/t8-/m0/s1. The van der Waals surface area contributed by atoms with Gasteiger partial charge in [-0.3, -0.25) is 0 Å². The lowest BCUT2D eigenvalue weighted by Gasteiger charge is -2.10. The summed E-state index contributed by atoms with van der Waals surface area (Å²) in [4.78, 5) is 0. The monoisotopic (exact) mass is 127 g/mol. The van der Waals surface area contributed by atoms with Gasteiger partial charge in [0.2, 0.25) is 0 Å². The molecule has 0 aromatic rings. The fourth-order valence-electron chi connectivity index (χ4n) is 0.505. The Hall–Kier alpha value is -0.300. The summed E-state index contributed by atoms with van der Waals surface area (Å²) in [6, 6.07) is 0.590. The highest BCUT2D eigenvalue weighted by molar-refractivity contribution is 4.76. The van der Waals surface area contributed by atoms with Crippen LogP contribution in [0.2, 0.25) is 0 Å². The predicted molar refractivity (Wildman–Crippen MR) is 42.5 cm³/mol. The molecule has 0 aromatic carbocycles. The normalized spacial score (nSPS) is 13.8. The number of rotatable bonds is 4. The van der Waals surface area contributed by atoms with Crippen LogP contribution in [0.25, 0.3) is 0 Å². The fraction of sp³-hybridized carbons (Fsp3) is 0.750. The van der Waals surface area contributed by atoms with Crippen LogP contribution in [0, 0.1) is 5.92 Å². The highest BCUT2D eigenvalue weighted by Gasteiger charge is 1.95. The molecule has 0 aliphatic rings. The predicted octanol–water partition coefficient (Wildman–Crippen LogP) is 1.81. The second-order valence-electron chi connectivity index (χ2n) is 2.78. The summed E-state index contributed by atoms with van der Waals surface area (Å²) in [6.45, 7) is 11.2. The molecule has 0 saturated carbocycles. The van der Waals surface area contributed by atoms with E-state index in [1.807, 2.05) is 6.08 Å². The van der Waals surface area contributed by atoms with E-state index in [0.29, 0.717) is 12.0 Å². The molecule has 1 N–H and O–H groups in total. The summed E-state index contributed by atoms with van der Waals surface area (Å²) in [7, 11) is 0. The van der Waals surface area contributed by atoms with Crippen molar-refractivity contribution in [2.75, 3.05) is 6.54 Å². The molecule has 0 fully saturated rings. The van der Waals surface area contributed by atoms with Crippen LogP contribution >= 0.6 is 0 Å². The maximum Gasteiger partial charge on any atom is 0.00138 e. The van der Waals surface area contributed by atoms with E-state index < -0.39 is 0 Å². The minimum atomic E-state index is 0.590. The Kier molecular flexibility index (Phi) is 4.41. The van der Waals surface area contributed by atoms with Crippen molar-refractivity contribution >= 4 is 0 Å². The van der Waals surface area contributed by atoms with Crippen LogP contribution in [0.5, 0.6) is 0 Å². The van der Waals surface area contributed by atoms with E-state index in [9.17, 15) is 0 Å². The van der Waals surface area contributed by atoms with Crippen LogP contribution in [-0.2, 0) is 0 Å². The van der Waals surface area contributed by atoms with Crippen molar-refractivity contribution < 1.29 is 0 Å². The Morgan fingerprint density at radius 3 is 2.33 bits per heavy atom. The van der Waals surface area contributed by atoms with E-state index in [1.165, 1.54) is 0 Å². The molecule has 9 heavy (non-hydrogen) atoms. The largest absolute Gasteiger partial charge is 0.314 e. The minimum Gasteiger partial charge on any atom is -0.314 e. The summed E-state index contributed by atoms with van der Waals surface area (Å²) < 4.78 is 0. The molecule has 0 radical (unpaired) electrons. The maximum absolute atomic E-state index is 3.70. The molecular weight excluding hydrogens is 110 g/mol. The first-order chi connectivity index (χ1) is 4.16. The van der Waals surface area contributed by atoms with Gasteiger partial charge in [-0.25, -0.2) is 0 Å². The summed E-state index contributed by atoms with van der Waals surface area (Å²) in [6.07, 6.45) is 1.97. The molecule has 0 rings (SSSR count). The zero-order valence-corrected chi connectivity index (χ0v) is 6.65. The maximum atomic E-state index is 3.70. The van der Waals surface area contributed by atoms with Crippen molar-refractivity contribution in [1.82, 2.24) is 5.32 Å². The van der Waals surface area contributed by atoms with Crippen molar-refractivity contribution in [3.8, 4) is 0 Å². The van der Waals surface area contributed by atoms with E-state index in [0.717, 1.165) is 6.54 Å². The van der Waals surface area contributed by atoms with Gasteiger partial charge < -0.3 is 5.32 Å². The minimum absolute atomic E-state index is 0.590. The van der Waals surface area contributed by atoms with Gasteiger partial charge in [-0.15, -0.1) is 6.58 Å². The quantitative estimate of drug-likeness (QED) is 0.568. The molecule has 54 valence electrons. The highest BCUT2D eigenvalue weighted by atomic mass is 14.9. The number of hydrogen-bond donors (Lipinski definition) is 1. The van der Waals surface area contributed by atoms with Crippen molar-refractivity contribution in [2.45, 2.75) is 26.8 Å². The number of hydrogen-bond acceptors (Lipinski definition) is 1. The van der Waals surface area contributed by atoms with Crippen molar-refractivity contribution in [3.63, 3.8) is 0 Å². The van der Waals surface area contributed by atoms with Gasteiger partial charge in [0.15, 0.2) is 0 Å². The third-order valence-electron chi connectivity index (χ3n) is 1.25. The molecule has 0 amide bonds. The van der Waals surface area contributed by atoms with Crippen LogP contribution < -0.4 is 5.32 Å². The lowest BCUT2D eigenvalue weighted by atomic mass is 10.2. The Bertz CT molecular complexity index is 76.6. The molecule has 1 atom stereocenters. The van der Waals surface area contributed by atoms with Crippen LogP contribution in [0.4, 0.5) is 0 Å². The molecule has 0 aromatic heterocycles. The second-order valence-corrected chi connectivity index (χ2v) is 2.78. The fourth-order valence-corrected chi connectivity index (χ4v) is 0.505. The van der Waals surface area contributed by atoms with Crippen molar-refractivity contribution in [1.29, 1.82) is 0 Å². The number of nitrogens with one attached hydrogen (secondary N) is 1. The lowest BCUT2D eigenvalue weighted by molar-refractivity contribution is 0.533. The Morgan fingerprint density at radius 2 is 2.00 bits per heavy atom. The first-order valence-electron chi connectivity index (χ1n) is 3.52. The molecule has 1 nitrogen and oxygen atoms in total. The molecule has 1 heteroatoms. The molecule has 0 saturated heterocycles. The van der Waals surface area contributed by atoms with Gasteiger partial charge in [-0.2, -0.15) is 0 Å². The average molecular weight is 127 g/mol. The van der Waals surface area contributed by atoms with E-state index in [4.69, 9.17) is 0 Å². The molecule has 0 spiro atoms. The Balaban J connectivity index is 3.16. The van der Waals surface area contributed by atoms with Gasteiger partial charge in [0.05, 0.1) is 0 Å². The van der Waals surface area contributed by atoms with E-state index in [1.54, 1.807) is 0 Å². The van der Waals surface area contributed by atoms with Crippen LogP contribution in [0.15, 0.2) is 12.7 Å². The zero-order valence-electron chi connectivity index (χ0n) is 6.65. The smallest absolute Gasteiger partial charge is 0.00138 e. The van der Waals surface area contributed by atoms with Gasteiger partial charge in [-0.05, 0) is 5.92 Å². The first kappa shape index (κ1) is 8.70. The summed E-state index contributed by atoms with van der Waals surface area (Å²) in [5.74, 6) is 0.590. The second kappa shape index (κ2) is 4.57.